The van der Waals surface area contributed by atoms with Gasteiger partial charge in [0.05, 0.1) is 0 Å². The first-order chi connectivity index (χ1) is 6.40. The van der Waals surface area contributed by atoms with Gasteiger partial charge in [0.25, 0.3) is 11.0 Å². The summed E-state index contributed by atoms with van der Waals surface area (Å²) in [6.07, 6.45) is 1.07. The average molecular weight is 221 g/mol. The molecule has 0 aromatic rings. The van der Waals surface area contributed by atoms with Gasteiger partial charge in [-0.15, -0.1) is 0 Å². The molecule has 1 heterocycles. The fourth-order valence-electron chi connectivity index (χ4n) is 1.02. The lowest BCUT2D eigenvalue weighted by Gasteiger charge is -2.00. The topological polar surface area (TPSA) is 74.5 Å². The highest BCUT2D eigenvalue weighted by atomic mass is 32.2. The first-order valence-electron chi connectivity index (χ1n) is 4.19. The maximum absolute atomic E-state index is 11.1. The summed E-state index contributed by atoms with van der Waals surface area (Å²) in [5.74, 6) is 0.117. The predicted octanol–water partition coefficient (Wildman–Crippen LogP) is 0.254. The molecule has 1 atom stereocenters. The van der Waals surface area contributed by atoms with Gasteiger partial charge >= 0.3 is 0 Å². The molecule has 5 nitrogen and oxygen atoms in total. The van der Waals surface area contributed by atoms with Gasteiger partial charge in [-0.2, -0.15) is 0 Å². The molecule has 82 valence electrons. The minimum absolute atomic E-state index is 0.117. The largest absolute Gasteiger partial charge is 0.332 e. The number of carbonyl (C=O) groups is 1. The van der Waals surface area contributed by atoms with E-state index in [0.717, 1.165) is 13.0 Å². The molecule has 0 bridgehead atoms. The van der Waals surface area contributed by atoms with E-state index < -0.39 is 11.0 Å². The lowest BCUT2D eigenvalue weighted by molar-refractivity contribution is -0.122. The van der Waals surface area contributed by atoms with Gasteiger partial charge in [0.15, 0.2) is 0 Å². The Labute approximate surface area is 85.2 Å². The van der Waals surface area contributed by atoms with Gasteiger partial charge in [-0.25, -0.2) is 8.42 Å². The Kier molecular flexibility index (Phi) is 5.40. The van der Waals surface area contributed by atoms with Crippen molar-refractivity contribution in [2.45, 2.75) is 26.3 Å². The van der Waals surface area contributed by atoms with Gasteiger partial charge < -0.3 is 4.90 Å². The second kappa shape index (κ2) is 5.77. The number of nitrogens with zero attached hydrogens (tertiary/aromatic N) is 1. The van der Waals surface area contributed by atoms with Crippen molar-refractivity contribution in [3.8, 4) is 0 Å². The molecular weight excluding hydrogens is 206 g/mol. The molecule has 1 amide bonds. The number of amides is 1. The Morgan fingerprint density at radius 1 is 1.64 bits per heavy atom. The zero-order valence-corrected chi connectivity index (χ0v) is 9.16. The molecule has 1 fully saturated rings. The molecule has 1 N–H and O–H groups in total. The first-order valence-corrected chi connectivity index (χ1v) is 5.32. The van der Waals surface area contributed by atoms with E-state index in [0.29, 0.717) is 11.6 Å². The van der Waals surface area contributed by atoms with Gasteiger partial charge in [-0.3, -0.25) is 9.35 Å². The number of hydrogen-bond donors (Lipinski definition) is 2. The molecule has 0 spiro atoms. The maximum atomic E-state index is 11.1. The lowest BCUT2D eigenvalue weighted by Crippen LogP contribution is -2.13. The summed E-state index contributed by atoms with van der Waals surface area (Å²) in [4.78, 5) is 13.0. The van der Waals surface area contributed by atoms with E-state index in [9.17, 15) is 4.79 Å². The summed E-state index contributed by atoms with van der Waals surface area (Å²) in [5.41, 5.74) is 0.649. The van der Waals surface area contributed by atoms with Gasteiger partial charge in [0.1, 0.15) is 0 Å². The van der Waals surface area contributed by atoms with Crippen LogP contribution in [0.5, 0.6) is 0 Å². The van der Waals surface area contributed by atoms with Crippen molar-refractivity contribution in [1.29, 1.82) is 0 Å². The number of carbonyl (C=O) groups excluding carboxylic acids is 1. The molecular formula is C8H15NO4S. The molecule has 1 saturated heterocycles. The van der Waals surface area contributed by atoms with E-state index in [1.807, 2.05) is 4.90 Å². The van der Waals surface area contributed by atoms with E-state index >= 15 is 0 Å². The fourth-order valence-corrected chi connectivity index (χ4v) is 1.02. The normalized spacial score (nSPS) is 18.6. The van der Waals surface area contributed by atoms with Crippen molar-refractivity contribution in [3.05, 3.63) is 12.2 Å². The highest BCUT2D eigenvalue weighted by Gasteiger charge is 2.36. The zero-order valence-electron chi connectivity index (χ0n) is 8.27. The van der Waals surface area contributed by atoms with Crippen molar-refractivity contribution in [1.82, 2.24) is 4.90 Å². The van der Waals surface area contributed by atoms with Crippen LogP contribution in [-0.2, 0) is 15.8 Å². The summed E-state index contributed by atoms with van der Waals surface area (Å²) in [7, 11) is -3.12. The Balaban J connectivity index is 0.000000364. The van der Waals surface area contributed by atoms with E-state index in [1.165, 1.54) is 0 Å². The van der Waals surface area contributed by atoms with E-state index in [2.05, 4.69) is 13.5 Å². The Hall–Kier alpha value is -0.880. The molecule has 14 heavy (non-hydrogen) atoms. The van der Waals surface area contributed by atoms with Gasteiger partial charge in [0, 0.05) is 18.2 Å². The molecule has 1 rings (SSSR count). The third kappa shape index (κ3) is 4.98. The fraction of sp³-hybridized carbons (Fsp3) is 0.625. The van der Waals surface area contributed by atoms with E-state index in [-0.39, 0.29) is 5.91 Å². The monoisotopic (exact) mass is 221 g/mol. The molecule has 1 aliphatic rings. The molecule has 6 heteroatoms. The molecule has 0 saturated carbocycles. The highest BCUT2D eigenvalue weighted by molar-refractivity contribution is 7.66. The molecule has 0 radical (unpaired) electrons. The minimum Gasteiger partial charge on any atom is -0.332 e. The minimum atomic E-state index is -3.12. The number of thiol groups is 1. The summed E-state index contributed by atoms with van der Waals surface area (Å²) in [5, 5.41) is 0. The van der Waals surface area contributed by atoms with Crippen LogP contribution in [0.4, 0.5) is 0 Å². The average Bonchev–Trinajstić information content (AvgIpc) is 2.80. The van der Waals surface area contributed by atoms with Crippen LogP contribution in [-0.4, -0.2) is 36.4 Å². The zero-order chi connectivity index (χ0) is 11.3. The third-order valence-electron chi connectivity index (χ3n) is 1.81. The van der Waals surface area contributed by atoms with Crippen LogP contribution in [0.25, 0.3) is 0 Å². The van der Waals surface area contributed by atoms with Crippen LogP contribution in [0, 0.1) is 0 Å². The third-order valence-corrected chi connectivity index (χ3v) is 1.81. The Bertz CT molecular complexity index is 290. The molecule has 0 aromatic carbocycles. The summed E-state index contributed by atoms with van der Waals surface area (Å²) < 4.78 is 24.2. The predicted molar refractivity (Wildman–Crippen MR) is 53.5 cm³/mol. The molecule has 1 aliphatic heterocycles. The number of hydrogen-bond acceptors (Lipinski definition) is 3. The number of rotatable bonds is 2. The molecule has 0 aliphatic carbocycles. The van der Waals surface area contributed by atoms with Crippen molar-refractivity contribution in [2.24, 2.45) is 0 Å². The van der Waals surface area contributed by atoms with Crippen molar-refractivity contribution in [3.63, 3.8) is 0 Å². The van der Waals surface area contributed by atoms with Crippen molar-refractivity contribution in [2.75, 3.05) is 6.54 Å². The quantitative estimate of drug-likeness (QED) is 0.303. The summed E-state index contributed by atoms with van der Waals surface area (Å²) in [6, 6.07) is 0.504. The standard InChI is InChI=1S/C8H13NO.H2O3S/c1-4-7-5-9(7)8(10)6(2)3;1-4(2)3/h7H,2,4-5H2,1,3H3;4H,(H,1,2,3). The summed E-state index contributed by atoms with van der Waals surface area (Å²) >= 11 is 0. The maximum Gasteiger partial charge on any atom is 0.254 e. The van der Waals surface area contributed by atoms with Crippen molar-refractivity contribution < 1.29 is 17.8 Å². The van der Waals surface area contributed by atoms with Crippen LogP contribution in [0.1, 0.15) is 20.3 Å². The van der Waals surface area contributed by atoms with Gasteiger partial charge in [-0.05, 0) is 13.3 Å². The van der Waals surface area contributed by atoms with E-state index in [1.54, 1.807) is 6.92 Å². The Morgan fingerprint density at radius 3 is 2.29 bits per heavy atom. The van der Waals surface area contributed by atoms with Crippen LogP contribution >= 0.6 is 0 Å². The summed E-state index contributed by atoms with van der Waals surface area (Å²) in [6.45, 7) is 8.38. The van der Waals surface area contributed by atoms with Gasteiger partial charge in [-0.1, -0.05) is 13.5 Å². The second-order valence-electron chi connectivity index (χ2n) is 3.04. The first kappa shape index (κ1) is 13.1. The molecule has 0 aromatic heterocycles. The van der Waals surface area contributed by atoms with Crippen LogP contribution < -0.4 is 0 Å². The second-order valence-corrected chi connectivity index (χ2v) is 3.51. The van der Waals surface area contributed by atoms with Crippen LogP contribution in [0.15, 0.2) is 12.2 Å². The van der Waals surface area contributed by atoms with Crippen molar-refractivity contribution >= 4 is 16.9 Å². The lowest BCUT2D eigenvalue weighted by atomic mass is 10.3. The Morgan fingerprint density at radius 2 is 2.07 bits per heavy atom. The van der Waals surface area contributed by atoms with E-state index in [4.69, 9.17) is 13.0 Å². The highest BCUT2D eigenvalue weighted by Crippen LogP contribution is 2.22. The van der Waals surface area contributed by atoms with Crippen LogP contribution in [0.3, 0.4) is 0 Å². The SMILES string of the molecule is C=C(C)C(=O)N1CC1CC.O=[SH](=O)O. The smallest absolute Gasteiger partial charge is 0.254 e. The molecule has 1 unspecified atom stereocenters. The van der Waals surface area contributed by atoms with Crippen LogP contribution in [0.2, 0.25) is 0 Å². The van der Waals surface area contributed by atoms with Gasteiger partial charge in [0.2, 0.25) is 5.91 Å².